The van der Waals surface area contributed by atoms with Crippen LogP contribution in [-0.2, 0) is 6.54 Å². The van der Waals surface area contributed by atoms with Gasteiger partial charge in [-0.3, -0.25) is 0 Å². The molecule has 5 heteroatoms. The average molecular weight is 312 g/mol. The van der Waals surface area contributed by atoms with Crippen molar-refractivity contribution in [2.24, 2.45) is 0 Å². The van der Waals surface area contributed by atoms with E-state index in [-0.39, 0.29) is 11.5 Å². The van der Waals surface area contributed by atoms with Gasteiger partial charge in [0.05, 0.1) is 5.02 Å². The molecule has 0 aromatic heterocycles. The van der Waals surface area contributed by atoms with Crippen LogP contribution in [0.5, 0.6) is 11.5 Å². The van der Waals surface area contributed by atoms with E-state index in [0.717, 1.165) is 23.8 Å². The van der Waals surface area contributed by atoms with Crippen LogP contribution in [0, 0.1) is 11.6 Å². The summed E-state index contributed by atoms with van der Waals surface area (Å²) in [5.74, 6) is -1.11. The van der Waals surface area contributed by atoms with Crippen molar-refractivity contribution >= 4 is 11.6 Å². The zero-order valence-corrected chi connectivity index (χ0v) is 12.5. The van der Waals surface area contributed by atoms with Crippen LogP contribution in [0.2, 0.25) is 5.02 Å². The van der Waals surface area contributed by atoms with Crippen molar-refractivity contribution in [1.29, 1.82) is 0 Å². The van der Waals surface area contributed by atoms with Gasteiger partial charge in [0.25, 0.3) is 0 Å². The van der Waals surface area contributed by atoms with Crippen LogP contribution in [-0.4, -0.2) is 6.04 Å². The Bertz CT molecular complexity index is 632. The number of rotatable bonds is 5. The van der Waals surface area contributed by atoms with Gasteiger partial charge in [0.2, 0.25) is 0 Å². The Balaban J connectivity index is 2.15. The fraction of sp³-hybridized carbons (Fsp3) is 0.250. The fourth-order valence-corrected chi connectivity index (χ4v) is 1.97. The summed E-state index contributed by atoms with van der Waals surface area (Å²) < 4.78 is 32.0. The monoisotopic (exact) mass is 311 g/mol. The molecule has 0 atom stereocenters. The third kappa shape index (κ3) is 4.41. The van der Waals surface area contributed by atoms with Crippen LogP contribution in [0.4, 0.5) is 8.78 Å². The van der Waals surface area contributed by atoms with Gasteiger partial charge in [-0.05, 0) is 29.8 Å². The Labute approximate surface area is 127 Å². The van der Waals surface area contributed by atoms with Crippen molar-refractivity contribution in [1.82, 2.24) is 5.32 Å². The van der Waals surface area contributed by atoms with Gasteiger partial charge in [-0.15, -0.1) is 0 Å². The van der Waals surface area contributed by atoms with E-state index in [2.05, 4.69) is 5.32 Å². The molecule has 0 radical (unpaired) electrons. The van der Waals surface area contributed by atoms with E-state index in [0.29, 0.717) is 17.6 Å². The maximum atomic E-state index is 13.5. The van der Waals surface area contributed by atoms with Crippen LogP contribution < -0.4 is 10.1 Å². The molecule has 21 heavy (non-hydrogen) atoms. The maximum Gasteiger partial charge on any atom is 0.166 e. The SMILES string of the molecule is CC(C)NCc1ccc(Oc2cc(F)ccc2F)c(Cl)c1. The second kappa shape index (κ2) is 6.87. The Hall–Kier alpha value is -1.65. The molecule has 2 rings (SSSR count). The van der Waals surface area contributed by atoms with Crippen molar-refractivity contribution in [2.45, 2.75) is 26.4 Å². The van der Waals surface area contributed by atoms with Gasteiger partial charge >= 0.3 is 0 Å². The minimum Gasteiger partial charge on any atom is -0.453 e. The van der Waals surface area contributed by atoms with Crippen molar-refractivity contribution < 1.29 is 13.5 Å². The van der Waals surface area contributed by atoms with E-state index >= 15 is 0 Å². The van der Waals surface area contributed by atoms with Crippen molar-refractivity contribution in [2.75, 3.05) is 0 Å². The number of ether oxygens (including phenoxy) is 1. The smallest absolute Gasteiger partial charge is 0.166 e. The fourth-order valence-electron chi connectivity index (χ4n) is 1.73. The van der Waals surface area contributed by atoms with Crippen LogP contribution >= 0.6 is 11.6 Å². The number of hydrogen-bond acceptors (Lipinski definition) is 2. The largest absolute Gasteiger partial charge is 0.453 e. The summed E-state index contributed by atoms with van der Waals surface area (Å²) >= 11 is 6.12. The molecule has 0 unspecified atom stereocenters. The molecule has 0 amide bonds. The molecule has 2 nitrogen and oxygen atoms in total. The lowest BCUT2D eigenvalue weighted by atomic mass is 10.2. The zero-order valence-electron chi connectivity index (χ0n) is 11.8. The molecule has 0 aliphatic heterocycles. The molecule has 1 N–H and O–H groups in total. The van der Waals surface area contributed by atoms with Gasteiger partial charge < -0.3 is 10.1 Å². The van der Waals surface area contributed by atoms with E-state index < -0.39 is 11.6 Å². The van der Waals surface area contributed by atoms with E-state index in [9.17, 15) is 8.78 Å². The van der Waals surface area contributed by atoms with Gasteiger partial charge in [-0.25, -0.2) is 8.78 Å². The third-order valence-electron chi connectivity index (χ3n) is 2.82. The molecule has 0 saturated heterocycles. The van der Waals surface area contributed by atoms with E-state index in [1.54, 1.807) is 12.1 Å². The highest BCUT2D eigenvalue weighted by atomic mass is 35.5. The van der Waals surface area contributed by atoms with E-state index in [1.165, 1.54) is 0 Å². The van der Waals surface area contributed by atoms with Gasteiger partial charge in [-0.2, -0.15) is 0 Å². The summed E-state index contributed by atoms with van der Waals surface area (Å²) in [6, 6.07) is 8.60. The van der Waals surface area contributed by atoms with E-state index in [1.807, 2.05) is 19.9 Å². The summed E-state index contributed by atoms with van der Waals surface area (Å²) in [6.07, 6.45) is 0. The van der Waals surface area contributed by atoms with E-state index in [4.69, 9.17) is 16.3 Å². The lowest BCUT2D eigenvalue weighted by Crippen LogP contribution is -2.21. The quantitative estimate of drug-likeness (QED) is 0.847. The molecule has 0 spiro atoms. The molecule has 0 heterocycles. The van der Waals surface area contributed by atoms with Crippen LogP contribution in [0.15, 0.2) is 36.4 Å². The summed E-state index contributed by atoms with van der Waals surface area (Å²) in [5.41, 5.74) is 0.987. The van der Waals surface area contributed by atoms with Gasteiger partial charge in [0, 0.05) is 18.7 Å². The predicted molar refractivity (Wildman–Crippen MR) is 79.9 cm³/mol. The van der Waals surface area contributed by atoms with Crippen LogP contribution in [0.25, 0.3) is 0 Å². The molecular formula is C16H16ClF2NO. The van der Waals surface area contributed by atoms with Gasteiger partial charge in [0.1, 0.15) is 11.6 Å². The first-order chi connectivity index (χ1) is 9.95. The number of benzene rings is 2. The highest BCUT2D eigenvalue weighted by molar-refractivity contribution is 6.32. The molecule has 0 bridgehead atoms. The minimum atomic E-state index is -0.641. The normalized spacial score (nSPS) is 11.0. The molecule has 0 aliphatic carbocycles. The highest BCUT2D eigenvalue weighted by Crippen LogP contribution is 2.31. The Kier molecular flexibility index (Phi) is 5.15. The lowest BCUT2D eigenvalue weighted by Gasteiger charge is -2.11. The molecule has 0 fully saturated rings. The summed E-state index contributed by atoms with van der Waals surface area (Å²) in [5, 5.41) is 3.61. The van der Waals surface area contributed by atoms with Gasteiger partial charge in [0.15, 0.2) is 11.6 Å². The first kappa shape index (κ1) is 15.7. The van der Waals surface area contributed by atoms with Crippen LogP contribution in [0.1, 0.15) is 19.4 Å². The predicted octanol–water partition coefficient (Wildman–Crippen LogP) is 4.91. The highest BCUT2D eigenvalue weighted by Gasteiger charge is 2.10. The van der Waals surface area contributed by atoms with Crippen LogP contribution in [0.3, 0.4) is 0 Å². The molecule has 2 aromatic carbocycles. The number of nitrogens with one attached hydrogen (secondary N) is 1. The molecule has 112 valence electrons. The number of hydrogen-bond donors (Lipinski definition) is 1. The standard InChI is InChI=1S/C16H16ClF2NO/c1-10(2)20-9-11-3-6-15(13(17)7-11)21-16-8-12(18)4-5-14(16)19/h3-8,10,20H,9H2,1-2H3. The summed E-state index contributed by atoms with van der Waals surface area (Å²) in [6.45, 7) is 4.77. The Morgan fingerprint density at radius 1 is 1.10 bits per heavy atom. The van der Waals surface area contributed by atoms with Crippen molar-refractivity contribution in [3.63, 3.8) is 0 Å². The molecule has 0 saturated carbocycles. The second-order valence-electron chi connectivity index (χ2n) is 4.98. The summed E-state index contributed by atoms with van der Waals surface area (Å²) in [4.78, 5) is 0. The Morgan fingerprint density at radius 2 is 1.86 bits per heavy atom. The minimum absolute atomic E-state index is 0.190. The van der Waals surface area contributed by atoms with Gasteiger partial charge in [-0.1, -0.05) is 31.5 Å². The Morgan fingerprint density at radius 3 is 2.52 bits per heavy atom. The maximum absolute atomic E-state index is 13.5. The molecular weight excluding hydrogens is 296 g/mol. The zero-order chi connectivity index (χ0) is 15.4. The van der Waals surface area contributed by atoms with Crippen molar-refractivity contribution in [3.05, 3.63) is 58.6 Å². The average Bonchev–Trinajstić information content (AvgIpc) is 2.43. The topological polar surface area (TPSA) is 21.3 Å². The molecule has 2 aromatic rings. The first-order valence-corrected chi connectivity index (χ1v) is 6.98. The number of halogens is 3. The first-order valence-electron chi connectivity index (χ1n) is 6.60. The molecule has 0 aliphatic rings. The second-order valence-corrected chi connectivity index (χ2v) is 5.38. The summed E-state index contributed by atoms with van der Waals surface area (Å²) in [7, 11) is 0. The third-order valence-corrected chi connectivity index (χ3v) is 3.12. The van der Waals surface area contributed by atoms with Crippen molar-refractivity contribution in [3.8, 4) is 11.5 Å². The lowest BCUT2D eigenvalue weighted by molar-refractivity contribution is 0.436.